The molecule has 0 bridgehead atoms. The molecule has 12 aromatic rings. The highest BCUT2D eigenvalue weighted by atomic mass is 16.5. The first-order chi connectivity index (χ1) is 39.1. The van der Waals surface area contributed by atoms with Crippen LogP contribution in [0.4, 0.5) is 34.1 Å². The van der Waals surface area contributed by atoms with Gasteiger partial charge in [-0.05, 0) is 126 Å². The maximum Gasteiger partial charge on any atom is 0.256 e. The van der Waals surface area contributed by atoms with E-state index < -0.39 is 0 Å². The van der Waals surface area contributed by atoms with Gasteiger partial charge in [0.2, 0.25) is 0 Å². The molecule has 79 heavy (non-hydrogen) atoms. The quantitative estimate of drug-likeness (QED) is 0.132. The standard InChI is InChI=1S/C67H35B4N3O5/c75-67-37-30-45-55(78-59-34-57-61-65-63(59)70(45)41-20-6-12-26-49(41)73(65)47-24-10-4-18-39(47)68(61)43-22-8-14-28-53(43)76-57)32-51(37)72(36-16-2-1-3-17-36)52-33-56-46(31-38(52)67)71-42-21-7-13-27-50(42)74-48-25-11-5-19-40(48)69-44-23-9-15-29-54(44)77-58-35-60(79-56)64(71)66(74)62(58)69/h1-35H. The van der Waals surface area contributed by atoms with Gasteiger partial charge in [-0.15, -0.1) is 0 Å². The zero-order valence-corrected chi connectivity index (χ0v) is 41.9. The number of hydrogen-bond donors (Lipinski definition) is 0. The van der Waals surface area contributed by atoms with Crippen LogP contribution < -0.4 is 99.7 Å². The zero-order chi connectivity index (χ0) is 51.1. The van der Waals surface area contributed by atoms with Crippen LogP contribution >= 0.6 is 0 Å². The lowest BCUT2D eigenvalue weighted by atomic mass is 9.29. The second-order valence-electron chi connectivity index (χ2n) is 22.0. The van der Waals surface area contributed by atoms with Crippen LogP contribution in [0.25, 0.3) is 27.5 Å². The van der Waals surface area contributed by atoms with Crippen LogP contribution in [-0.2, 0) is 0 Å². The van der Waals surface area contributed by atoms with Crippen molar-refractivity contribution in [1.29, 1.82) is 0 Å². The smallest absolute Gasteiger partial charge is 0.256 e. The second kappa shape index (κ2) is 14.3. The highest BCUT2D eigenvalue weighted by Gasteiger charge is 2.53. The van der Waals surface area contributed by atoms with Gasteiger partial charge in [0.1, 0.15) is 46.0 Å². The van der Waals surface area contributed by atoms with Crippen LogP contribution in [0.1, 0.15) is 0 Å². The molecule has 0 radical (unpaired) electrons. The predicted octanol–water partition coefficient (Wildman–Crippen LogP) is 6.82. The molecule has 0 saturated carbocycles. The summed E-state index contributed by atoms with van der Waals surface area (Å²) in [6.07, 6.45) is 0. The Morgan fingerprint density at radius 1 is 0.291 bits per heavy atom. The molecule has 1 aromatic heterocycles. The number of pyridine rings is 1. The molecule has 0 amide bonds. The average molecular weight is 1010 g/mol. The fourth-order valence-electron chi connectivity index (χ4n) is 15.4. The highest BCUT2D eigenvalue weighted by Crippen LogP contribution is 2.48. The summed E-state index contributed by atoms with van der Waals surface area (Å²) in [6.45, 7) is -0.591. The Morgan fingerprint density at radius 2 is 0.620 bits per heavy atom. The Kier molecular flexibility index (Phi) is 7.45. The molecular formula is C67H35B4N3O5. The fourth-order valence-corrected chi connectivity index (χ4v) is 15.4. The third-order valence-electron chi connectivity index (χ3n) is 18.4. The Hall–Kier alpha value is -10.1. The Bertz CT molecular complexity index is 4680. The molecule has 9 heterocycles. The SMILES string of the molecule is O=c1c2cc3c(cc2n(-c2ccccc2)c2cc4c(cc12)B1c2ccccc2N2c5ccccc5B5c6ccccc6Oc6cc(c1c2c65)O4)Oc1cc2c4c5c1B3c1ccccc1N5c1ccccc1B4c1ccccc1O2. The van der Waals surface area contributed by atoms with Gasteiger partial charge >= 0.3 is 0 Å². The summed E-state index contributed by atoms with van der Waals surface area (Å²) in [6, 6.07) is 74.9. The number of fused-ring (bicyclic) bond motifs is 22. The molecule has 0 saturated heterocycles. The van der Waals surface area contributed by atoms with Gasteiger partial charge in [0.15, 0.2) is 5.43 Å². The van der Waals surface area contributed by atoms with Crippen molar-refractivity contribution in [3.05, 3.63) is 223 Å². The molecular weight excluding hydrogens is 970 g/mol. The predicted molar refractivity (Wildman–Crippen MR) is 321 cm³/mol. The minimum Gasteiger partial charge on any atom is -0.458 e. The van der Waals surface area contributed by atoms with E-state index in [1.807, 2.05) is 30.3 Å². The van der Waals surface area contributed by atoms with Gasteiger partial charge < -0.3 is 33.3 Å². The van der Waals surface area contributed by atoms with Crippen LogP contribution in [0.3, 0.4) is 0 Å². The van der Waals surface area contributed by atoms with Crippen molar-refractivity contribution in [2.75, 3.05) is 9.80 Å². The molecule has 0 atom stereocenters. The van der Waals surface area contributed by atoms with Crippen molar-refractivity contribution in [3.8, 4) is 51.7 Å². The third kappa shape index (κ3) is 4.97. The second-order valence-corrected chi connectivity index (χ2v) is 22.0. The lowest BCUT2D eigenvalue weighted by Gasteiger charge is -2.47. The van der Waals surface area contributed by atoms with Crippen molar-refractivity contribution < 1.29 is 18.9 Å². The van der Waals surface area contributed by atoms with E-state index in [1.165, 1.54) is 10.9 Å². The van der Waals surface area contributed by atoms with Crippen LogP contribution in [0.5, 0.6) is 46.0 Å². The summed E-state index contributed by atoms with van der Waals surface area (Å²) < 4.78 is 30.6. The maximum atomic E-state index is 16.1. The summed E-state index contributed by atoms with van der Waals surface area (Å²) in [5.74, 6) is 6.15. The number of anilines is 6. The molecule has 8 aliphatic rings. The minimum atomic E-state index is -0.248. The molecule has 8 nitrogen and oxygen atoms in total. The molecule has 8 aliphatic heterocycles. The number of aromatic nitrogens is 1. The number of benzene rings is 11. The maximum absolute atomic E-state index is 16.1. The zero-order valence-electron chi connectivity index (χ0n) is 41.9. The normalized spacial score (nSPS) is 14.6. The molecule has 0 fully saturated rings. The lowest BCUT2D eigenvalue weighted by molar-refractivity contribution is 0.465. The lowest BCUT2D eigenvalue weighted by Crippen LogP contribution is -2.67. The van der Waals surface area contributed by atoms with Gasteiger partial charge in [0.05, 0.1) is 11.0 Å². The van der Waals surface area contributed by atoms with Gasteiger partial charge in [0, 0.05) is 74.8 Å². The monoisotopic (exact) mass is 1010 g/mol. The van der Waals surface area contributed by atoms with E-state index in [9.17, 15) is 0 Å². The number of rotatable bonds is 1. The van der Waals surface area contributed by atoms with Crippen molar-refractivity contribution in [2.45, 2.75) is 0 Å². The summed E-state index contributed by atoms with van der Waals surface area (Å²) in [7, 11) is 0. The van der Waals surface area contributed by atoms with E-state index >= 15 is 4.79 Å². The topological polar surface area (TPSA) is 65.4 Å². The molecule has 20 rings (SSSR count). The van der Waals surface area contributed by atoms with E-state index in [-0.39, 0.29) is 32.3 Å². The molecule has 0 aliphatic carbocycles. The summed E-state index contributed by atoms with van der Waals surface area (Å²) in [5.41, 5.74) is 22.3. The number of para-hydroxylation sites is 7. The highest BCUT2D eigenvalue weighted by molar-refractivity contribution is 7.05. The molecule has 12 heteroatoms. The summed E-state index contributed by atoms with van der Waals surface area (Å²) in [4.78, 5) is 21.0. The van der Waals surface area contributed by atoms with E-state index in [2.05, 4.69) is 196 Å². The van der Waals surface area contributed by atoms with E-state index in [0.717, 1.165) is 140 Å². The van der Waals surface area contributed by atoms with Crippen LogP contribution in [0, 0.1) is 0 Å². The number of hydrogen-bond acceptors (Lipinski definition) is 7. The summed E-state index contributed by atoms with van der Waals surface area (Å²) in [5, 5.41) is 1.22. The first kappa shape index (κ1) is 41.2. The van der Waals surface area contributed by atoms with E-state index in [0.29, 0.717) is 22.3 Å². The molecule has 0 spiro atoms. The molecule has 0 unspecified atom stereocenters. The van der Waals surface area contributed by atoms with Gasteiger partial charge in [-0.25, -0.2) is 0 Å². The first-order valence-electron chi connectivity index (χ1n) is 27.2. The minimum absolute atomic E-state index is 0.0475. The Labute approximate surface area is 453 Å². The first-order valence-corrected chi connectivity index (χ1v) is 27.2. The third-order valence-corrected chi connectivity index (χ3v) is 18.4. The largest absolute Gasteiger partial charge is 0.458 e. The van der Waals surface area contributed by atoms with Gasteiger partial charge in [-0.3, -0.25) is 4.79 Å². The van der Waals surface area contributed by atoms with Crippen molar-refractivity contribution >= 4 is 148 Å². The number of ether oxygens (including phenoxy) is 4. The van der Waals surface area contributed by atoms with Crippen molar-refractivity contribution in [3.63, 3.8) is 0 Å². The van der Waals surface area contributed by atoms with E-state index in [1.54, 1.807) is 0 Å². The molecule has 0 N–H and O–H groups in total. The van der Waals surface area contributed by atoms with Crippen LogP contribution in [0.2, 0.25) is 0 Å². The molecule has 360 valence electrons. The Balaban J connectivity index is 0.845. The molecule has 11 aromatic carbocycles. The van der Waals surface area contributed by atoms with Crippen molar-refractivity contribution in [1.82, 2.24) is 4.57 Å². The Morgan fingerprint density at radius 3 is 1.03 bits per heavy atom. The van der Waals surface area contributed by atoms with Crippen LogP contribution in [0.15, 0.2) is 217 Å². The number of nitrogens with zero attached hydrogens (tertiary/aromatic N) is 3. The van der Waals surface area contributed by atoms with Crippen LogP contribution in [-0.4, -0.2) is 31.4 Å². The fraction of sp³-hybridized carbons (Fsp3) is 0. The van der Waals surface area contributed by atoms with Gasteiger partial charge in [0.25, 0.3) is 26.9 Å². The average Bonchev–Trinajstić information content (AvgIpc) is 2.63. The van der Waals surface area contributed by atoms with Gasteiger partial charge in [-0.2, -0.15) is 0 Å². The van der Waals surface area contributed by atoms with Gasteiger partial charge in [-0.1, -0.05) is 127 Å². The summed E-state index contributed by atoms with van der Waals surface area (Å²) >= 11 is 0. The van der Waals surface area contributed by atoms with Crippen molar-refractivity contribution in [2.24, 2.45) is 0 Å². The van der Waals surface area contributed by atoms with E-state index in [4.69, 9.17) is 18.9 Å².